The van der Waals surface area contributed by atoms with Crippen LogP contribution in [0.25, 0.3) is 0 Å². The molecule has 2 atom stereocenters. The first-order valence-electron chi connectivity index (χ1n) is 6.12. The van der Waals surface area contributed by atoms with Crippen molar-refractivity contribution >= 4 is 5.78 Å². The van der Waals surface area contributed by atoms with Crippen LogP contribution in [0.5, 0.6) is 0 Å². The van der Waals surface area contributed by atoms with E-state index in [2.05, 4.69) is 6.92 Å². The van der Waals surface area contributed by atoms with Gasteiger partial charge in [0.1, 0.15) is 6.10 Å². The SMILES string of the molecule is CCCOCCOC1CC(=O)C1OCCOC. The molecule has 0 aliphatic heterocycles. The molecule has 0 heterocycles. The van der Waals surface area contributed by atoms with Gasteiger partial charge in [0.05, 0.1) is 32.5 Å². The summed E-state index contributed by atoms with van der Waals surface area (Å²) in [4.78, 5) is 11.3. The molecule has 100 valence electrons. The Labute approximate surface area is 102 Å². The number of hydrogen-bond acceptors (Lipinski definition) is 5. The molecule has 0 saturated heterocycles. The van der Waals surface area contributed by atoms with Gasteiger partial charge in [0, 0.05) is 20.1 Å². The van der Waals surface area contributed by atoms with Gasteiger partial charge < -0.3 is 18.9 Å². The van der Waals surface area contributed by atoms with Crippen molar-refractivity contribution in [1.29, 1.82) is 0 Å². The van der Waals surface area contributed by atoms with Gasteiger partial charge in [-0.1, -0.05) is 6.92 Å². The predicted octanol–water partition coefficient (Wildman–Crippen LogP) is 0.803. The molecule has 0 N–H and O–H groups in total. The minimum absolute atomic E-state index is 0.107. The summed E-state index contributed by atoms with van der Waals surface area (Å²) in [6.45, 7) is 4.83. The highest BCUT2D eigenvalue weighted by molar-refractivity contribution is 5.90. The lowest BCUT2D eigenvalue weighted by atomic mass is 9.90. The number of rotatable bonds is 10. The van der Waals surface area contributed by atoms with Crippen molar-refractivity contribution in [2.24, 2.45) is 0 Å². The molecular weight excluding hydrogens is 224 g/mol. The van der Waals surface area contributed by atoms with Crippen LogP contribution in [0.15, 0.2) is 0 Å². The van der Waals surface area contributed by atoms with E-state index in [1.807, 2.05) is 0 Å². The number of ether oxygens (including phenoxy) is 4. The second kappa shape index (κ2) is 8.58. The number of Topliss-reactive ketones (excluding diaryl/α,β-unsaturated/α-hetero) is 1. The van der Waals surface area contributed by atoms with E-state index in [1.165, 1.54) is 0 Å². The Balaban J connectivity index is 2.05. The summed E-state index contributed by atoms with van der Waals surface area (Å²) in [6.07, 6.45) is 0.941. The molecule has 0 aromatic rings. The molecule has 1 saturated carbocycles. The molecule has 1 aliphatic rings. The quantitative estimate of drug-likeness (QED) is 0.534. The average Bonchev–Trinajstić information content (AvgIpc) is 2.33. The molecule has 17 heavy (non-hydrogen) atoms. The van der Waals surface area contributed by atoms with E-state index in [-0.39, 0.29) is 11.9 Å². The molecule has 1 fully saturated rings. The zero-order valence-electron chi connectivity index (χ0n) is 10.6. The minimum Gasteiger partial charge on any atom is -0.382 e. The minimum atomic E-state index is -0.406. The van der Waals surface area contributed by atoms with Crippen LogP contribution in [0.3, 0.4) is 0 Å². The highest BCUT2D eigenvalue weighted by atomic mass is 16.6. The third kappa shape index (κ3) is 5.12. The molecule has 0 spiro atoms. The summed E-state index contributed by atoms with van der Waals surface area (Å²) in [7, 11) is 1.60. The first-order valence-corrected chi connectivity index (χ1v) is 6.12. The van der Waals surface area contributed by atoms with E-state index >= 15 is 0 Å². The highest BCUT2D eigenvalue weighted by Gasteiger charge is 2.41. The molecule has 1 rings (SSSR count). The topological polar surface area (TPSA) is 54.0 Å². The van der Waals surface area contributed by atoms with Crippen molar-refractivity contribution in [3.8, 4) is 0 Å². The molecular formula is C12H22O5. The molecule has 5 heteroatoms. The molecule has 0 radical (unpaired) electrons. The second-order valence-corrected chi connectivity index (χ2v) is 3.98. The zero-order valence-corrected chi connectivity index (χ0v) is 10.6. The Bertz CT molecular complexity index is 219. The van der Waals surface area contributed by atoms with Crippen LogP contribution < -0.4 is 0 Å². The van der Waals surface area contributed by atoms with Gasteiger partial charge in [-0.05, 0) is 6.42 Å². The van der Waals surface area contributed by atoms with Crippen molar-refractivity contribution < 1.29 is 23.7 Å². The maximum Gasteiger partial charge on any atom is 0.166 e. The predicted molar refractivity (Wildman–Crippen MR) is 62.1 cm³/mol. The number of carbonyl (C=O) groups excluding carboxylic acids is 1. The first kappa shape index (κ1) is 14.6. The lowest BCUT2D eigenvalue weighted by Crippen LogP contribution is -2.51. The van der Waals surface area contributed by atoms with Gasteiger partial charge in [-0.25, -0.2) is 0 Å². The maximum atomic E-state index is 11.3. The summed E-state index contributed by atoms with van der Waals surface area (Å²) in [5.41, 5.74) is 0. The van der Waals surface area contributed by atoms with Gasteiger partial charge >= 0.3 is 0 Å². The van der Waals surface area contributed by atoms with Crippen molar-refractivity contribution in [2.75, 3.05) is 40.1 Å². The first-order chi connectivity index (χ1) is 8.29. The molecule has 5 nitrogen and oxygen atoms in total. The van der Waals surface area contributed by atoms with Crippen molar-refractivity contribution in [1.82, 2.24) is 0 Å². The number of hydrogen-bond donors (Lipinski definition) is 0. The number of methoxy groups -OCH3 is 1. The molecule has 0 aromatic carbocycles. The van der Waals surface area contributed by atoms with Gasteiger partial charge in [-0.15, -0.1) is 0 Å². The number of ketones is 1. The van der Waals surface area contributed by atoms with Gasteiger partial charge in [0.25, 0.3) is 0 Å². The van der Waals surface area contributed by atoms with E-state index in [9.17, 15) is 4.79 Å². The Morgan fingerprint density at radius 3 is 2.53 bits per heavy atom. The zero-order chi connectivity index (χ0) is 12.5. The maximum absolute atomic E-state index is 11.3. The largest absolute Gasteiger partial charge is 0.382 e. The van der Waals surface area contributed by atoms with E-state index < -0.39 is 6.10 Å². The molecule has 0 amide bonds. The fourth-order valence-electron chi connectivity index (χ4n) is 1.58. The van der Waals surface area contributed by atoms with Gasteiger partial charge in [0.15, 0.2) is 5.78 Å². The van der Waals surface area contributed by atoms with E-state index in [1.54, 1.807) is 7.11 Å². The number of carbonyl (C=O) groups is 1. The summed E-state index contributed by atoms with van der Waals surface area (Å²) in [5.74, 6) is 0.112. The van der Waals surface area contributed by atoms with E-state index in [4.69, 9.17) is 18.9 Å². The summed E-state index contributed by atoms with van der Waals surface area (Å²) >= 11 is 0. The van der Waals surface area contributed by atoms with Gasteiger partial charge in [-0.3, -0.25) is 4.79 Å². The van der Waals surface area contributed by atoms with Crippen molar-refractivity contribution in [2.45, 2.75) is 32.0 Å². The highest BCUT2D eigenvalue weighted by Crippen LogP contribution is 2.22. The molecule has 0 bridgehead atoms. The Morgan fingerprint density at radius 1 is 1.12 bits per heavy atom. The van der Waals surface area contributed by atoms with Crippen LogP contribution in [0.4, 0.5) is 0 Å². The normalized spacial score (nSPS) is 23.8. The van der Waals surface area contributed by atoms with Crippen LogP contribution in [-0.2, 0) is 23.7 Å². The third-order valence-electron chi connectivity index (χ3n) is 2.55. The fourth-order valence-corrected chi connectivity index (χ4v) is 1.58. The smallest absolute Gasteiger partial charge is 0.166 e. The molecule has 2 unspecified atom stereocenters. The van der Waals surface area contributed by atoms with Crippen LogP contribution in [0, 0.1) is 0 Å². The summed E-state index contributed by atoms with van der Waals surface area (Å²) in [6, 6.07) is 0. The van der Waals surface area contributed by atoms with Crippen molar-refractivity contribution in [3.05, 3.63) is 0 Å². The summed E-state index contributed by atoms with van der Waals surface area (Å²) < 4.78 is 21.1. The van der Waals surface area contributed by atoms with Crippen LogP contribution in [-0.4, -0.2) is 58.1 Å². The van der Waals surface area contributed by atoms with Gasteiger partial charge in [0.2, 0.25) is 0 Å². The van der Waals surface area contributed by atoms with Crippen LogP contribution in [0.2, 0.25) is 0 Å². The monoisotopic (exact) mass is 246 g/mol. The van der Waals surface area contributed by atoms with Crippen LogP contribution in [0.1, 0.15) is 19.8 Å². The Hall–Kier alpha value is -0.490. The van der Waals surface area contributed by atoms with Gasteiger partial charge in [-0.2, -0.15) is 0 Å². The standard InChI is InChI=1S/C12H22O5/c1-3-4-15-6-8-16-11-9-10(13)12(11)17-7-5-14-2/h11-12H,3-9H2,1-2H3. The van der Waals surface area contributed by atoms with E-state index in [0.717, 1.165) is 13.0 Å². The summed E-state index contributed by atoms with van der Waals surface area (Å²) in [5, 5.41) is 0. The fraction of sp³-hybridized carbons (Fsp3) is 0.917. The molecule has 1 aliphatic carbocycles. The Morgan fingerprint density at radius 2 is 1.88 bits per heavy atom. The molecule has 0 aromatic heterocycles. The average molecular weight is 246 g/mol. The van der Waals surface area contributed by atoms with Crippen LogP contribution >= 0.6 is 0 Å². The third-order valence-corrected chi connectivity index (χ3v) is 2.55. The lowest BCUT2D eigenvalue weighted by molar-refractivity contribution is -0.169. The lowest BCUT2D eigenvalue weighted by Gasteiger charge is -2.34. The van der Waals surface area contributed by atoms with E-state index in [0.29, 0.717) is 32.8 Å². The Kier molecular flexibility index (Phi) is 7.35. The van der Waals surface area contributed by atoms with Crippen molar-refractivity contribution in [3.63, 3.8) is 0 Å². The second-order valence-electron chi connectivity index (χ2n) is 3.98.